The summed E-state index contributed by atoms with van der Waals surface area (Å²) in [6.07, 6.45) is 3.05. The fraction of sp³-hybridized carbons (Fsp3) is 0.417. The summed E-state index contributed by atoms with van der Waals surface area (Å²) < 4.78 is 24.7. The van der Waals surface area contributed by atoms with Crippen molar-refractivity contribution in [3.63, 3.8) is 0 Å². The van der Waals surface area contributed by atoms with Crippen molar-refractivity contribution in [2.24, 2.45) is 5.92 Å². The van der Waals surface area contributed by atoms with E-state index in [1.165, 1.54) is 10.2 Å². The van der Waals surface area contributed by atoms with Crippen LogP contribution < -0.4 is 0 Å². The number of nitrogens with zero attached hydrogens (tertiary/aromatic N) is 1. The zero-order chi connectivity index (χ0) is 11.9. The number of fused-ring (bicyclic) bond motifs is 1. The molecule has 0 N–H and O–H groups in total. The van der Waals surface area contributed by atoms with Gasteiger partial charge in [0.1, 0.15) is 0 Å². The van der Waals surface area contributed by atoms with Crippen LogP contribution in [0, 0.1) is 5.92 Å². The van der Waals surface area contributed by atoms with E-state index in [-0.39, 0.29) is 5.92 Å². The van der Waals surface area contributed by atoms with Gasteiger partial charge in [0.2, 0.25) is 5.69 Å². The minimum absolute atomic E-state index is 0.186. The summed E-state index contributed by atoms with van der Waals surface area (Å²) in [6, 6.07) is 7.68. The fourth-order valence-electron chi connectivity index (χ4n) is 2.10. The van der Waals surface area contributed by atoms with Gasteiger partial charge in [-0.25, -0.2) is 0 Å². The van der Waals surface area contributed by atoms with Crippen LogP contribution in [0.5, 0.6) is 0 Å². The molecular formula is C12H16NO2S+. The zero-order valence-corrected chi connectivity index (χ0v) is 10.5. The van der Waals surface area contributed by atoms with Crippen molar-refractivity contribution in [1.29, 1.82) is 0 Å². The molecule has 1 aliphatic rings. The van der Waals surface area contributed by atoms with E-state index in [0.717, 1.165) is 11.3 Å². The third-order valence-electron chi connectivity index (χ3n) is 2.90. The lowest BCUT2D eigenvalue weighted by molar-refractivity contribution is -0.250. The highest BCUT2D eigenvalue weighted by Crippen LogP contribution is 2.36. The van der Waals surface area contributed by atoms with Crippen molar-refractivity contribution in [2.45, 2.75) is 19.8 Å². The van der Waals surface area contributed by atoms with Crippen molar-refractivity contribution in [1.82, 2.24) is 0 Å². The molecule has 1 aliphatic heterocycles. The Labute approximate surface area is 96.5 Å². The highest BCUT2D eigenvalue weighted by Gasteiger charge is 2.37. The van der Waals surface area contributed by atoms with Gasteiger partial charge in [-0.05, 0) is 5.92 Å². The summed E-state index contributed by atoms with van der Waals surface area (Å²) in [5.74, 6) is 0.582. The minimum atomic E-state index is -3.20. The topological polar surface area (TPSA) is 37.1 Å². The summed E-state index contributed by atoms with van der Waals surface area (Å²) in [6.45, 7) is 4.20. The third-order valence-corrected chi connectivity index (χ3v) is 3.94. The predicted octanol–water partition coefficient (Wildman–Crippen LogP) is 2.11. The monoisotopic (exact) mass is 238 g/mol. The van der Waals surface area contributed by atoms with E-state index in [0.29, 0.717) is 5.92 Å². The number of sulfonamides is 1. The third kappa shape index (κ3) is 1.78. The molecule has 2 rings (SSSR count). The maximum atomic E-state index is 11.7. The molecule has 0 saturated carbocycles. The van der Waals surface area contributed by atoms with Crippen LogP contribution in [0.4, 0.5) is 5.69 Å². The van der Waals surface area contributed by atoms with E-state index in [4.69, 9.17) is 0 Å². The second kappa shape index (κ2) is 3.70. The molecule has 1 aromatic carbocycles. The van der Waals surface area contributed by atoms with Gasteiger partial charge < -0.3 is 0 Å². The normalized spacial score (nSPS) is 19.8. The number of para-hydroxylation sites is 1. The van der Waals surface area contributed by atoms with Crippen LogP contribution in [0.15, 0.2) is 24.3 Å². The van der Waals surface area contributed by atoms with Crippen LogP contribution in [-0.4, -0.2) is 24.9 Å². The first-order valence-electron chi connectivity index (χ1n) is 5.34. The molecule has 0 amide bonds. The molecule has 86 valence electrons. The largest absolute Gasteiger partial charge is 0.366 e. The maximum Gasteiger partial charge on any atom is 0.366 e. The molecule has 0 aliphatic carbocycles. The number of hydrogen-bond donors (Lipinski definition) is 0. The Morgan fingerprint density at radius 3 is 2.44 bits per heavy atom. The molecule has 1 unspecified atom stereocenters. The molecule has 4 heteroatoms. The molecule has 1 atom stereocenters. The molecule has 1 aromatic rings. The molecule has 0 radical (unpaired) electrons. The molecular weight excluding hydrogens is 222 g/mol. The summed E-state index contributed by atoms with van der Waals surface area (Å²) in [5.41, 5.74) is 1.90. The highest BCUT2D eigenvalue weighted by molar-refractivity contribution is 7.84. The first-order chi connectivity index (χ1) is 7.41. The average molecular weight is 238 g/mol. The quantitative estimate of drug-likeness (QED) is 0.740. The van der Waals surface area contributed by atoms with Crippen molar-refractivity contribution >= 4 is 21.9 Å². The lowest BCUT2D eigenvalue weighted by atomic mass is 9.91. The summed E-state index contributed by atoms with van der Waals surface area (Å²) >= 11 is 0. The van der Waals surface area contributed by atoms with Crippen LogP contribution in [0.2, 0.25) is 0 Å². The first-order valence-corrected chi connectivity index (χ1v) is 7.19. The zero-order valence-electron chi connectivity index (χ0n) is 9.71. The van der Waals surface area contributed by atoms with Gasteiger partial charge in [0, 0.05) is 11.6 Å². The van der Waals surface area contributed by atoms with Crippen LogP contribution in [0.3, 0.4) is 0 Å². The second-order valence-corrected chi connectivity index (χ2v) is 6.40. The molecule has 0 bridgehead atoms. The Bertz CT molecular complexity index is 544. The Morgan fingerprint density at radius 2 is 1.88 bits per heavy atom. The van der Waals surface area contributed by atoms with E-state index in [1.54, 1.807) is 0 Å². The van der Waals surface area contributed by atoms with Crippen LogP contribution in [0.1, 0.15) is 25.3 Å². The summed E-state index contributed by atoms with van der Waals surface area (Å²) in [7, 11) is -3.20. The Kier molecular flexibility index (Phi) is 2.62. The van der Waals surface area contributed by atoms with Crippen molar-refractivity contribution in [3.05, 3.63) is 29.8 Å². The van der Waals surface area contributed by atoms with Gasteiger partial charge in [0.05, 0.1) is 12.2 Å². The minimum Gasteiger partial charge on any atom is -0.163 e. The first kappa shape index (κ1) is 11.3. The van der Waals surface area contributed by atoms with Crippen LogP contribution in [-0.2, 0) is 10.0 Å². The average Bonchev–Trinajstić information content (AvgIpc) is 2.56. The molecule has 0 aromatic heterocycles. The summed E-state index contributed by atoms with van der Waals surface area (Å²) in [5, 5.41) is 0. The number of rotatable bonds is 2. The highest BCUT2D eigenvalue weighted by atomic mass is 32.2. The predicted molar refractivity (Wildman–Crippen MR) is 64.8 cm³/mol. The molecule has 3 nitrogen and oxygen atoms in total. The Morgan fingerprint density at radius 1 is 1.25 bits per heavy atom. The molecule has 1 heterocycles. The smallest absolute Gasteiger partial charge is 0.163 e. The van der Waals surface area contributed by atoms with E-state index in [9.17, 15) is 8.42 Å². The van der Waals surface area contributed by atoms with Gasteiger partial charge in [-0.2, -0.15) is 8.42 Å². The molecule has 0 fully saturated rings. The Balaban J connectivity index is 2.63. The van der Waals surface area contributed by atoms with Gasteiger partial charge in [0.15, 0.2) is 6.21 Å². The van der Waals surface area contributed by atoms with Gasteiger partial charge in [0.25, 0.3) is 0 Å². The van der Waals surface area contributed by atoms with Gasteiger partial charge in [-0.1, -0.05) is 36.0 Å². The van der Waals surface area contributed by atoms with Gasteiger partial charge >= 0.3 is 10.0 Å². The summed E-state index contributed by atoms with van der Waals surface area (Å²) in [4.78, 5) is 0. The van der Waals surface area contributed by atoms with Crippen LogP contribution >= 0.6 is 0 Å². The molecule has 0 spiro atoms. The van der Waals surface area contributed by atoms with Crippen molar-refractivity contribution in [2.75, 3.05) is 6.26 Å². The van der Waals surface area contributed by atoms with Gasteiger partial charge in [-0.3, -0.25) is 0 Å². The number of benzene rings is 1. The standard InChI is InChI=1S/C12H16NO2S/c1-9(2)11-8-13(16(3,14)15)12-7-5-4-6-10(11)12/h4-9,11H,1-3H3/q+1. The number of hydrogen-bond acceptors (Lipinski definition) is 2. The van der Waals surface area contributed by atoms with E-state index < -0.39 is 10.0 Å². The van der Waals surface area contributed by atoms with Gasteiger partial charge in [-0.15, -0.1) is 0 Å². The van der Waals surface area contributed by atoms with E-state index >= 15 is 0 Å². The maximum absolute atomic E-state index is 11.7. The van der Waals surface area contributed by atoms with Crippen molar-refractivity contribution in [3.8, 4) is 0 Å². The van der Waals surface area contributed by atoms with E-state index in [2.05, 4.69) is 13.8 Å². The van der Waals surface area contributed by atoms with Crippen molar-refractivity contribution < 1.29 is 12.4 Å². The lowest BCUT2D eigenvalue weighted by Gasteiger charge is -2.08. The Hall–Kier alpha value is -1.16. The molecule has 0 saturated heterocycles. The SMILES string of the molecule is CC(C)C1C=[N+](S(C)(=O)=O)c2ccccc21. The lowest BCUT2D eigenvalue weighted by Crippen LogP contribution is -2.14. The van der Waals surface area contributed by atoms with Crippen LogP contribution in [0.25, 0.3) is 0 Å². The second-order valence-electron chi connectivity index (χ2n) is 4.54. The molecule has 16 heavy (non-hydrogen) atoms. The van der Waals surface area contributed by atoms with E-state index in [1.807, 2.05) is 30.5 Å². The fourth-order valence-corrected chi connectivity index (χ4v) is 2.97.